The molecule has 0 radical (unpaired) electrons. The molecule has 2 heterocycles. The molecule has 5 N–H and O–H groups in total. The van der Waals surface area contributed by atoms with Gasteiger partial charge in [0.05, 0.1) is 31.9 Å². The van der Waals surface area contributed by atoms with E-state index >= 15 is 0 Å². The fourth-order valence-corrected chi connectivity index (χ4v) is 4.07. The van der Waals surface area contributed by atoms with Crippen molar-refractivity contribution in [1.29, 1.82) is 0 Å². The molecule has 9 nitrogen and oxygen atoms in total. The molecule has 1 unspecified atom stereocenters. The summed E-state index contributed by atoms with van der Waals surface area (Å²) in [4.78, 5) is 23.4. The molecular weight excluding hydrogens is 418 g/mol. The number of primary amides is 1. The number of unbranched alkanes of at least 4 members (excludes halogenated alkanes) is 3. The molecule has 3 atom stereocenters. The highest BCUT2D eigenvalue weighted by molar-refractivity contribution is 6.99. The van der Waals surface area contributed by atoms with Crippen molar-refractivity contribution in [1.82, 2.24) is 8.75 Å². The number of hydrogen-bond donors (Lipinski definition) is 2. The minimum atomic E-state index is -0.614. The van der Waals surface area contributed by atoms with Crippen molar-refractivity contribution >= 4 is 29.2 Å². The van der Waals surface area contributed by atoms with Crippen LogP contribution in [0.25, 0.3) is 5.57 Å². The molecule has 1 amide bonds. The lowest BCUT2D eigenvalue weighted by molar-refractivity contribution is -0.944. The molecule has 2 rings (SSSR count). The van der Waals surface area contributed by atoms with Crippen LogP contribution in [0.15, 0.2) is 6.08 Å². The Bertz CT molecular complexity index is 769. The molecule has 1 aromatic rings. The fraction of sp³-hybridized carbons (Fsp3) is 0.714. The van der Waals surface area contributed by atoms with Gasteiger partial charge in [-0.25, -0.2) is 4.79 Å². The summed E-state index contributed by atoms with van der Waals surface area (Å²) in [5.74, 6) is -0.259. The van der Waals surface area contributed by atoms with Gasteiger partial charge in [0.15, 0.2) is 6.04 Å². The average molecular weight is 456 g/mol. The highest BCUT2D eigenvalue weighted by Gasteiger charge is 2.38. The predicted molar refractivity (Wildman–Crippen MR) is 119 cm³/mol. The molecule has 1 aromatic heterocycles. The summed E-state index contributed by atoms with van der Waals surface area (Å²) in [7, 11) is 2.07. The highest BCUT2D eigenvalue weighted by atomic mass is 32.1. The molecule has 0 aromatic carbocycles. The Balaban J connectivity index is 1.96. The van der Waals surface area contributed by atoms with Crippen LogP contribution >= 0.6 is 11.7 Å². The van der Waals surface area contributed by atoms with Gasteiger partial charge in [0.1, 0.15) is 12.2 Å². The van der Waals surface area contributed by atoms with Crippen LogP contribution in [0, 0.1) is 0 Å². The second-order valence-electron chi connectivity index (χ2n) is 8.44. The lowest BCUT2D eigenvalue weighted by atomic mass is 10.0. The topological polar surface area (TPSA) is 132 Å². The van der Waals surface area contributed by atoms with Crippen molar-refractivity contribution in [3.05, 3.63) is 11.8 Å². The summed E-state index contributed by atoms with van der Waals surface area (Å²) < 4.78 is 21.0. The Kier molecular flexibility index (Phi) is 9.86. The number of ether oxygens (including phenoxy) is 2. The van der Waals surface area contributed by atoms with Crippen molar-refractivity contribution in [2.75, 3.05) is 26.7 Å². The van der Waals surface area contributed by atoms with Crippen molar-refractivity contribution in [3.63, 3.8) is 0 Å². The van der Waals surface area contributed by atoms with Gasteiger partial charge in [-0.3, -0.25) is 9.28 Å². The van der Waals surface area contributed by atoms with Crippen LogP contribution in [0.2, 0.25) is 0 Å². The van der Waals surface area contributed by atoms with Crippen LogP contribution < -0.4 is 16.2 Å². The van der Waals surface area contributed by atoms with Crippen molar-refractivity contribution in [3.8, 4) is 5.88 Å². The van der Waals surface area contributed by atoms with E-state index in [0.717, 1.165) is 48.8 Å². The summed E-state index contributed by atoms with van der Waals surface area (Å²) in [6, 6.07) is -0.614. The molecule has 174 valence electrons. The standard InChI is InChI=1S/C21H35N5O4S/c1-4-5-6-7-13-29-20-19(24-31-25-20)16-9-8-12-26(3,14-16)15(2)30-21(28)17(22)10-11-18(23)27/h9,15,17H,4-8,10-14,22H2,1-3H3,(H-,23,27)/p+2/t15-,17-,26?/m0/s1. The molecule has 10 heteroatoms. The van der Waals surface area contributed by atoms with Gasteiger partial charge in [-0.15, -0.1) is 4.37 Å². The average Bonchev–Trinajstić information content (AvgIpc) is 3.20. The summed E-state index contributed by atoms with van der Waals surface area (Å²) in [5.41, 5.74) is 10.8. The van der Waals surface area contributed by atoms with Gasteiger partial charge >= 0.3 is 5.97 Å². The third-order valence-corrected chi connectivity index (χ3v) is 6.31. The number of amides is 1. The number of nitrogens with zero attached hydrogens (tertiary/aromatic N) is 3. The first-order valence-corrected chi connectivity index (χ1v) is 11.8. The van der Waals surface area contributed by atoms with Crippen LogP contribution in [0.1, 0.15) is 64.5 Å². The van der Waals surface area contributed by atoms with Gasteiger partial charge < -0.3 is 20.9 Å². The Hall–Kier alpha value is -2.04. The maximum atomic E-state index is 12.4. The Morgan fingerprint density at radius 3 is 2.81 bits per heavy atom. The van der Waals surface area contributed by atoms with Crippen LogP contribution in [0.3, 0.4) is 0 Å². The largest absolute Gasteiger partial charge is 0.475 e. The number of rotatable bonds is 13. The van der Waals surface area contributed by atoms with E-state index in [0.29, 0.717) is 29.9 Å². The van der Waals surface area contributed by atoms with Gasteiger partial charge in [0, 0.05) is 31.8 Å². The molecule has 31 heavy (non-hydrogen) atoms. The summed E-state index contributed by atoms with van der Waals surface area (Å²) in [6.45, 7) is 6.22. The fourth-order valence-electron chi connectivity index (χ4n) is 3.54. The molecule has 0 spiro atoms. The monoisotopic (exact) mass is 455 g/mol. The summed E-state index contributed by atoms with van der Waals surface area (Å²) >= 11 is 1.15. The number of quaternary nitrogens is 2. The third-order valence-electron chi connectivity index (χ3n) is 5.80. The van der Waals surface area contributed by atoms with E-state index in [1.165, 1.54) is 12.8 Å². The van der Waals surface area contributed by atoms with E-state index in [1.54, 1.807) is 0 Å². The number of carbonyl (C=O) groups is 2. The molecule has 0 fully saturated rings. The summed E-state index contributed by atoms with van der Waals surface area (Å²) in [6.07, 6.45) is 7.62. The normalized spacial score (nSPS) is 20.6. The first-order chi connectivity index (χ1) is 14.8. The molecule has 0 saturated carbocycles. The number of nitrogens with two attached hydrogens (primary N) is 1. The minimum absolute atomic E-state index is 0.120. The van der Waals surface area contributed by atoms with Gasteiger partial charge in [-0.2, -0.15) is 4.37 Å². The van der Waals surface area contributed by atoms with Crippen LogP contribution in [-0.2, 0) is 14.3 Å². The highest BCUT2D eigenvalue weighted by Crippen LogP contribution is 2.31. The first-order valence-electron chi connectivity index (χ1n) is 11.1. The van der Waals surface area contributed by atoms with Crippen molar-refractivity contribution in [2.45, 2.75) is 71.1 Å². The van der Waals surface area contributed by atoms with Crippen LogP contribution in [0.5, 0.6) is 5.88 Å². The smallest absolute Gasteiger partial charge is 0.369 e. The second kappa shape index (κ2) is 12.1. The Morgan fingerprint density at radius 2 is 2.10 bits per heavy atom. The lowest BCUT2D eigenvalue weighted by Crippen LogP contribution is -2.66. The number of hydrogen-bond acceptors (Lipinski definition) is 7. The SMILES string of the molecule is CCCCCCOc1nsnc1C1=CCC[N+](C)([C@H](C)OC(=O)[C@@H]([NH3+])CCC(N)=O)C1. The Labute approximate surface area is 188 Å². The quantitative estimate of drug-likeness (QED) is 0.263. The van der Waals surface area contributed by atoms with E-state index < -0.39 is 17.9 Å². The number of carbonyl (C=O) groups excluding carboxylic acids is 2. The zero-order valence-electron chi connectivity index (χ0n) is 19.0. The van der Waals surface area contributed by atoms with E-state index in [4.69, 9.17) is 15.2 Å². The zero-order chi connectivity index (χ0) is 22.9. The predicted octanol–water partition coefficient (Wildman–Crippen LogP) is 1.50. The van der Waals surface area contributed by atoms with Gasteiger partial charge in [-0.1, -0.05) is 32.3 Å². The van der Waals surface area contributed by atoms with E-state index in [2.05, 4.69) is 34.5 Å². The van der Waals surface area contributed by atoms with Crippen LogP contribution in [0.4, 0.5) is 0 Å². The number of likely N-dealkylation sites (N-methyl/N-ethyl adjacent to an activating group) is 1. The van der Waals surface area contributed by atoms with Gasteiger partial charge in [-0.05, 0) is 6.42 Å². The molecule has 0 saturated heterocycles. The summed E-state index contributed by atoms with van der Waals surface area (Å²) in [5, 5.41) is 0. The maximum absolute atomic E-state index is 12.4. The lowest BCUT2D eigenvalue weighted by Gasteiger charge is -2.41. The number of aromatic nitrogens is 2. The van der Waals surface area contributed by atoms with Gasteiger partial charge in [0.25, 0.3) is 5.88 Å². The maximum Gasteiger partial charge on any atom is 0.369 e. The first kappa shape index (κ1) is 25.2. The van der Waals surface area contributed by atoms with Gasteiger partial charge in [0.2, 0.25) is 12.1 Å². The van der Waals surface area contributed by atoms with Crippen LogP contribution in [-0.4, -0.2) is 64.1 Å². The molecule has 0 aliphatic carbocycles. The van der Waals surface area contributed by atoms with Crippen molar-refractivity contribution in [2.24, 2.45) is 5.73 Å². The van der Waals surface area contributed by atoms with E-state index in [9.17, 15) is 9.59 Å². The molecular formula is C21H37N5O4S+2. The molecule has 1 aliphatic heterocycles. The van der Waals surface area contributed by atoms with Crippen molar-refractivity contribution < 1.29 is 29.3 Å². The molecule has 1 aliphatic rings. The number of esters is 1. The third kappa shape index (κ3) is 7.55. The minimum Gasteiger partial charge on any atom is -0.475 e. The Morgan fingerprint density at radius 1 is 1.32 bits per heavy atom. The van der Waals surface area contributed by atoms with E-state index in [-0.39, 0.29) is 12.6 Å². The second-order valence-corrected chi connectivity index (χ2v) is 8.97. The van der Waals surface area contributed by atoms with E-state index in [1.807, 2.05) is 6.92 Å². The zero-order valence-corrected chi connectivity index (χ0v) is 19.8. The molecule has 0 bridgehead atoms.